The third-order valence-corrected chi connectivity index (χ3v) is 11.4. The minimum absolute atomic E-state index is 0.0636. The van der Waals surface area contributed by atoms with Crippen LogP contribution in [0.25, 0.3) is 0 Å². The number of hydrogen-bond acceptors (Lipinski definition) is 5. The maximum atomic E-state index is 14.8. The van der Waals surface area contributed by atoms with Gasteiger partial charge in [0.15, 0.2) is 0 Å². The van der Waals surface area contributed by atoms with Crippen LogP contribution in [-0.2, 0) is 20.9 Å². The van der Waals surface area contributed by atoms with Crippen LogP contribution in [0, 0.1) is 25.7 Å². The fourth-order valence-corrected chi connectivity index (χ4v) is 9.89. The number of carbonyl (C=O) groups is 3. The van der Waals surface area contributed by atoms with E-state index >= 15 is 0 Å². The predicted molar refractivity (Wildman–Crippen MR) is 173 cm³/mol. The summed E-state index contributed by atoms with van der Waals surface area (Å²) >= 11 is 1.67. The van der Waals surface area contributed by atoms with Crippen LogP contribution in [0.4, 0.5) is 5.69 Å². The van der Waals surface area contributed by atoms with Crippen LogP contribution in [0.1, 0.15) is 42.9 Å². The normalized spacial score (nSPS) is 27.2. The molecule has 0 saturated carbocycles. The molecule has 0 aliphatic carbocycles. The van der Waals surface area contributed by atoms with E-state index in [1.165, 1.54) is 0 Å². The molecule has 8 heteroatoms. The van der Waals surface area contributed by atoms with Crippen LogP contribution >= 0.6 is 11.8 Å². The van der Waals surface area contributed by atoms with Gasteiger partial charge in [0.25, 0.3) is 5.91 Å². The summed E-state index contributed by atoms with van der Waals surface area (Å²) in [6.45, 7) is 15.2. The zero-order valence-electron chi connectivity index (χ0n) is 25.5. The monoisotopic (exact) mass is 601 g/mol. The summed E-state index contributed by atoms with van der Waals surface area (Å²) < 4.78 is -1.21. The van der Waals surface area contributed by atoms with Crippen molar-refractivity contribution in [1.82, 2.24) is 9.80 Å². The molecule has 3 amide bonds. The summed E-state index contributed by atoms with van der Waals surface area (Å²) in [5.41, 5.74) is 3.81. The maximum absolute atomic E-state index is 14.8. The summed E-state index contributed by atoms with van der Waals surface area (Å²) in [6, 6.07) is 15.1. The summed E-state index contributed by atoms with van der Waals surface area (Å²) in [7, 11) is 0. The number of fused-ring (bicyclic) bond motifs is 1. The first kappa shape index (κ1) is 31.1. The van der Waals surface area contributed by atoms with E-state index in [1.807, 2.05) is 62.4 Å². The molecule has 1 N–H and O–H groups in total. The molecule has 228 valence electrons. The van der Waals surface area contributed by atoms with Crippen LogP contribution in [-0.4, -0.2) is 74.4 Å². The van der Waals surface area contributed by atoms with Gasteiger partial charge in [0.2, 0.25) is 11.8 Å². The summed E-state index contributed by atoms with van der Waals surface area (Å²) in [5, 5.41) is 9.74. The van der Waals surface area contributed by atoms with Crippen LogP contribution in [0.5, 0.6) is 0 Å². The average Bonchev–Trinajstić information content (AvgIpc) is 3.56. The van der Waals surface area contributed by atoms with E-state index in [2.05, 4.69) is 20.1 Å². The number of rotatable bonds is 12. The predicted octanol–water partition coefficient (Wildman–Crippen LogP) is 4.90. The Bertz CT molecular complexity index is 1410. The summed E-state index contributed by atoms with van der Waals surface area (Å²) in [4.78, 5) is 49.0. The minimum Gasteiger partial charge on any atom is -0.396 e. The third kappa shape index (κ3) is 5.33. The van der Waals surface area contributed by atoms with Gasteiger partial charge in [0.05, 0.1) is 16.6 Å². The molecule has 2 unspecified atom stereocenters. The first-order chi connectivity index (χ1) is 20.6. The first-order valence-corrected chi connectivity index (χ1v) is 16.0. The molecule has 3 fully saturated rings. The molecule has 5 atom stereocenters. The van der Waals surface area contributed by atoms with Gasteiger partial charge in [0.1, 0.15) is 6.04 Å². The van der Waals surface area contributed by atoms with Crippen molar-refractivity contribution in [1.29, 1.82) is 0 Å². The summed E-state index contributed by atoms with van der Waals surface area (Å²) in [6.07, 6.45) is 5.23. The van der Waals surface area contributed by atoms with Gasteiger partial charge < -0.3 is 19.8 Å². The van der Waals surface area contributed by atoms with Crippen LogP contribution in [0.3, 0.4) is 0 Å². The van der Waals surface area contributed by atoms with E-state index in [1.54, 1.807) is 38.6 Å². The molecule has 43 heavy (non-hydrogen) atoms. The van der Waals surface area contributed by atoms with Crippen molar-refractivity contribution in [3.8, 4) is 0 Å². The number of nitrogens with zero attached hydrogens (tertiary/aromatic N) is 3. The van der Waals surface area contributed by atoms with E-state index in [0.29, 0.717) is 32.5 Å². The molecule has 5 rings (SSSR count). The van der Waals surface area contributed by atoms with Crippen LogP contribution in [0.2, 0.25) is 0 Å². The molecule has 7 nitrogen and oxygen atoms in total. The van der Waals surface area contributed by atoms with E-state index < -0.39 is 27.4 Å². The highest BCUT2D eigenvalue weighted by atomic mass is 32.2. The highest BCUT2D eigenvalue weighted by Crippen LogP contribution is 2.71. The second kappa shape index (κ2) is 12.3. The molecule has 1 spiro atoms. The van der Waals surface area contributed by atoms with Crippen molar-refractivity contribution in [3.63, 3.8) is 0 Å². The fourth-order valence-electron chi connectivity index (χ4n) is 7.55. The van der Waals surface area contributed by atoms with Crippen molar-refractivity contribution in [3.05, 3.63) is 90.5 Å². The van der Waals surface area contributed by atoms with Crippen molar-refractivity contribution >= 4 is 35.2 Å². The molecule has 3 saturated heterocycles. The molecular weight excluding hydrogens is 558 g/mol. The number of likely N-dealkylation sites (tertiary alicyclic amines) is 1. The fraction of sp³-hybridized carbons (Fsp3) is 0.457. The van der Waals surface area contributed by atoms with Crippen LogP contribution in [0.15, 0.2) is 73.8 Å². The zero-order valence-corrected chi connectivity index (χ0v) is 26.3. The molecule has 3 aliphatic rings. The van der Waals surface area contributed by atoms with Gasteiger partial charge in [-0.15, -0.1) is 24.9 Å². The lowest BCUT2D eigenvalue weighted by Crippen LogP contribution is -2.55. The zero-order chi connectivity index (χ0) is 30.9. The van der Waals surface area contributed by atoms with Crippen molar-refractivity contribution in [2.24, 2.45) is 11.8 Å². The molecule has 0 radical (unpaired) electrons. The Kier molecular flexibility index (Phi) is 8.91. The lowest BCUT2D eigenvalue weighted by molar-refractivity contribution is -0.145. The number of aliphatic hydroxyl groups is 1. The smallest absolute Gasteiger partial charge is 0.251 e. The largest absolute Gasteiger partial charge is 0.396 e. The average molecular weight is 602 g/mol. The number of amides is 3. The Morgan fingerprint density at radius 1 is 1.07 bits per heavy atom. The molecule has 3 aliphatic heterocycles. The summed E-state index contributed by atoms with van der Waals surface area (Å²) in [5.74, 6) is -1.56. The van der Waals surface area contributed by atoms with E-state index in [-0.39, 0.29) is 30.9 Å². The highest BCUT2D eigenvalue weighted by molar-refractivity contribution is 8.02. The van der Waals surface area contributed by atoms with Gasteiger partial charge in [-0.05, 0) is 62.8 Å². The standard InChI is InChI=1S/C35H43N3O4S/c1-6-18-36(23-26-12-9-8-10-13-26)31(40)28-29-32(41)38(20-11-21-39)30(35(29)17-16-34(28,5)43-35)33(42)37(19-7-2)27-22-24(3)14-15-25(27)4/h6-10,12-15,22,28-30,39H,1-2,11,16-21,23H2,3-5H3/t28-,29+,30?,34+,35?/m1/s1. The molecule has 2 bridgehead atoms. The second-order valence-electron chi connectivity index (χ2n) is 12.4. The van der Waals surface area contributed by atoms with Crippen molar-refractivity contribution in [2.75, 3.05) is 31.1 Å². The quantitative estimate of drug-likeness (QED) is 0.350. The van der Waals surface area contributed by atoms with Gasteiger partial charge in [0, 0.05) is 43.2 Å². The Morgan fingerprint density at radius 2 is 1.79 bits per heavy atom. The lowest BCUT2D eigenvalue weighted by atomic mass is 9.66. The highest BCUT2D eigenvalue weighted by Gasteiger charge is 2.77. The Balaban J connectivity index is 1.57. The van der Waals surface area contributed by atoms with Gasteiger partial charge in [-0.1, -0.05) is 54.6 Å². The first-order valence-electron chi connectivity index (χ1n) is 15.2. The van der Waals surface area contributed by atoms with E-state index in [0.717, 1.165) is 28.8 Å². The number of benzene rings is 2. The Hall–Kier alpha value is -3.36. The van der Waals surface area contributed by atoms with Gasteiger partial charge >= 0.3 is 0 Å². The number of carbonyl (C=O) groups excluding carboxylic acids is 3. The number of hydrogen-bond donors (Lipinski definition) is 1. The Morgan fingerprint density at radius 3 is 2.47 bits per heavy atom. The third-order valence-electron chi connectivity index (χ3n) is 9.44. The molecule has 3 heterocycles. The number of aryl methyl sites for hydroxylation is 2. The number of aliphatic hydroxyl groups excluding tert-OH is 1. The number of anilines is 1. The lowest BCUT2D eigenvalue weighted by Gasteiger charge is -2.38. The minimum atomic E-state index is -0.747. The second-order valence-corrected chi connectivity index (χ2v) is 14.3. The SMILES string of the molecule is C=CCN(Cc1ccccc1)C(=O)[C@H]1[C@H]2C(=O)N(CCCO)C(C(=O)N(CC=C)c3cc(C)ccc3C)C23CC[C@]1(C)S3. The number of thioether (sulfide) groups is 1. The Labute approximate surface area is 259 Å². The molecule has 0 aromatic heterocycles. The van der Waals surface area contributed by atoms with E-state index in [9.17, 15) is 19.5 Å². The van der Waals surface area contributed by atoms with Crippen molar-refractivity contribution < 1.29 is 19.5 Å². The van der Waals surface area contributed by atoms with E-state index in [4.69, 9.17) is 0 Å². The molecule has 2 aromatic rings. The van der Waals surface area contributed by atoms with Gasteiger partial charge in [-0.25, -0.2) is 0 Å². The maximum Gasteiger partial charge on any atom is 0.251 e. The van der Waals surface area contributed by atoms with Gasteiger partial charge in [-0.2, -0.15) is 0 Å². The molecule has 2 aromatic carbocycles. The van der Waals surface area contributed by atoms with Crippen LogP contribution < -0.4 is 4.90 Å². The molecular formula is C35H43N3O4S. The van der Waals surface area contributed by atoms with Crippen molar-refractivity contribution in [2.45, 2.75) is 62.1 Å². The topological polar surface area (TPSA) is 81.2 Å². The van der Waals surface area contributed by atoms with Gasteiger partial charge in [-0.3, -0.25) is 14.4 Å².